The van der Waals surface area contributed by atoms with E-state index in [2.05, 4.69) is 5.32 Å². The van der Waals surface area contributed by atoms with Crippen molar-refractivity contribution in [1.29, 1.82) is 0 Å². The maximum atomic E-state index is 12.7. The zero-order valence-corrected chi connectivity index (χ0v) is 16.2. The van der Waals surface area contributed by atoms with Gasteiger partial charge in [0, 0.05) is 15.7 Å². The summed E-state index contributed by atoms with van der Waals surface area (Å²) in [6.07, 6.45) is 0. The number of anilines is 2. The highest BCUT2D eigenvalue weighted by Gasteiger charge is 2.39. The van der Waals surface area contributed by atoms with Crippen LogP contribution in [-0.4, -0.2) is 18.9 Å². The molecule has 0 aromatic heterocycles. The van der Waals surface area contributed by atoms with Gasteiger partial charge in [-0.25, -0.2) is 4.90 Å². The molecule has 0 atom stereocenters. The van der Waals surface area contributed by atoms with E-state index in [4.69, 9.17) is 51.1 Å². The lowest BCUT2D eigenvalue weighted by Crippen LogP contribution is -2.32. The van der Waals surface area contributed by atoms with Gasteiger partial charge in [0.15, 0.2) is 0 Å². The normalized spacial score (nSPS) is 14.3. The number of methoxy groups -OCH3 is 1. The smallest absolute Gasteiger partial charge is 0.283 e. The second kappa shape index (κ2) is 7.37. The summed E-state index contributed by atoms with van der Waals surface area (Å²) < 4.78 is 5.07. The molecule has 0 saturated carbocycles. The molecule has 1 aliphatic rings. The van der Waals surface area contributed by atoms with Crippen molar-refractivity contribution in [2.24, 2.45) is 0 Å². The number of halogens is 4. The van der Waals surface area contributed by atoms with Gasteiger partial charge in [-0.05, 0) is 36.4 Å². The maximum absolute atomic E-state index is 12.7. The Labute approximate surface area is 169 Å². The predicted octanol–water partition coefficient (Wildman–Crippen LogP) is 5.09. The van der Waals surface area contributed by atoms with Gasteiger partial charge in [-0.15, -0.1) is 0 Å². The lowest BCUT2D eigenvalue weighted by atomic mass is 10.2. The summed E-state index contributed by atoms with van der Waals surface area (Å²) >= 11 is 24.0. The van der Waals surface area contributed by atoms with Crippen molar-refractivity contribution in [2.75, 3.05) is 17.3 Å². The van der Waals surface area contributed by atoms with E-state index < -0.39 is 11.8 Å². The molecule has 26 heavy (non-hydrogen) atoms. The van der Waals surface area contributed by atoms with Crippen LogP contribution in [0.15, 0.2) is 47.1 Å². The van der Waals surface area contributed by atoms with Crippen molar-refractivity contribution < 1.29 is 14.3 Å². The number of rotatable bonds is 4. The summed E-state index contributed by atoms with van der Waals surface area (Å²) in [6.45, 7) is 0. The SMILES string of the molecule is COc1ccc(NC2=C(Cl)C(=O)N(c3cc(Cl)cc(Cl)c3)C2=O)cc1Cl. The van der Waals surface area contributed by atoms with E-state index in [9.17, 15) is 9.59 Å². The number of nitrogens with one attached hydrogen (secondary N) is 1. The van der Waals surface area contributed by atoms with Gasteiger partial charge in [0.05, 0.1) is 17.8 Å². The van der Waals surface area contributed by atoms with Crippen molar-refractivity contribution in [2.45, 2.75) is 0 Å². The molecule has 0 bridgehead atoms. The molecule has 134 valence electrons. The molecule has 2 aromatic carbocycles. The Kier molecular flexibility index (Phi) is 5.34. The fourth-order valence-electron chi connectivity index (χ4n) is 2.40. The van der Waals surface area contributed by atoms with Gasteiger partial charge in [-0.2, -0.15) is 0 Å². The highest BCUT2D eigenvalue weighted by atomic mass is 35.5. The Bertz CT molecular complexity index is 939. The predicted molar refractivity (Wildman–Crippen MR) is 103 cm³/mol. The van der Waals surface area contributed by atoms with Gasteiger partial charge < -0.3 is 10.1 Å². The molecule has 0 aliphatic carbocycles. The molecular formula is C17H10Cl4N2O3. The number of hydrogen-bond donors (Lipinski definition) is 1. The lowest BCUT2D eigenvalue weighted by Gasteiger charge is -2.16. The van der Waals surface area contributed by atoms with E-state index in [1.807, 2.05) is 0 Å². The number of ether oxygens (including phenoxy) is 1. The van der Waals surface area contributed by atoms with E-state index in [-0.39, 0.29) is 26.5 Å². The zero-order valence-electron chi connectivity index (χ0n) is 13.1. The first-order valence-corrected chi connectivity index (χ1v) is 8.68. The fraction of sp³-hybridized carbons (Fsp3) is 0.0588. The number of imide groups is 1. The second-order valence-electron chi connectivity index (χ2n) is 5.24. The van der Waals surface area contributed by atoms with Crippen LogP contribution in [0.2, 0.25) is 15.1 Å². The Balaban J connectivity index is 1.93. The minimum absolute atomic E-state index is 0.0750. The first-order valence-electron chi connectivity index (χ1n) is 7.17. The van der Waals surface area contributed by atoms with Crippen molar-refractivity contribution in [3.8, 4) is 5.75 Å². The number of nitrogens with zero attached hydrogens (tertiary/aromatic N) is 1. The molecule has 1 heterocycles. The molecule has 0 radical (unpaired) electrons. The Morgan fingerprint density at radius 3 is 2.15 bits per heavy atom. The van der Waals surface area contributed by atoms with Gasteiger partial charge in [-0.1, -0.05) is 46.4 Å². The highest BCUT2D eigenvalue weighted by molar-refractivity contribution is 6.53. The summed E-state index contributed by atoms with van der Waals surface area (Å²) in [4.78, 5) is 26.1. The summed E-state index contributed by atoms with van der Waals surface area (Å²) in [5, 5.41) is 3.48. The third-order valence-corrected chi connectivity index (χ3v) is 4.64. The van der Waals surface area contributed by atoms with Crippen LogP contribution in [0.4, 0.5) is 11.4 Å². The standard InChI is InChI=1S/C17H10Cl4N2O3/c1-26-13-3-2-10(7-12(13)20)22-15-14(21)16(24)23(17(15)25)11-5-8(18)4-9(19)6-11/h2-7,22H,1H3. The van der Waals surface area contributed by atoms with Crippen molar-refractivity contribution in [3.05, 3.63) is 62.2 Å². The fourth-order valence-corrected chi connectivity index (χ4v) is 3.39. The first-order chi connectivity index (χ1) is 12.3. The monoisotopic (exact) mass is 430 g/mol. The molecule has 1 aliphatic heterocycles. The molecular weight excluding hydrogens is 422 g/mol. The largest absolute Gasteiger partial charge is 0.495 e. The first kappa shape index (κ1) is 18.9. The van der Waals surface area contributed by atoms with E-state index >= 15 is 0 Å². The quantitative estimate of drug-likeness (QED) is 0.684. The van der Waals surface area contributed by atoms with Gasteiger partial charge in [0.1, 0.15) is 16.5 Å². The third kappa shape index (κ3) is 3.48. The van der Waals surface area contributed by atoms with Crippen LogP contribution in [0.1, 0.15) is 0 Å². The summed E-state index contributed by atoms with van der Waals surface area (Å²) in [5.41, 5.74) is 0.616. The van der Waals surface area contributed by atoms with Crippen LogP contribution in [0.3, 0.4) is 0 Å². The Hall–Kier alpha value is -1.92. The van der Waals surface area contributed by atoms with Gasteiger partial charge in [0.2, 0.25) is 0 Å². The molecule has 0 spiro atoms. The molecule has 0 unspecified atom stereocenters. The highest BCUT2D eigenvalue weighted by Crippen LogP contribution is 2.34. The summed E-state index contributed by atoms with van der Waals surface area (Å²) in [5.74, 6) is -0.844. The van der Waals surface area contributed by atoms with Crippen LogP contribution < -0.4 is 15.0 Å². The van der Waals surface area contributed by atoms with Crippen molar-refractivity contribution >= 4 is 69.6 Å². The van der Waals surface area contributed by atoms with Gasteiger partial charge >= 0.3 is 0 Å². The average molecular weight is 432 g/mol. The number of amides is 2. The van der Waals surface area contributed by atoms with E-state index in [1.165, 1.54) is 25.3 Å². The molecule has 5 nitrogen and oxygen atoms in total. The Morgan fingerprint density at radius 1 is 0.923 bits per heavy atom. The van der Waals surface area contributed by atoms with Crippen LogP contribution in [0.25, 0.3) is 0 Å². The van der Waals surface area contributed by atoms with Gasteiger partial charge in [0.25, 0.3) is 11.8 Å². The lowest BCUT2D eigenvalue weighted by molar-refractivity contribution is -0.120. The van der Waals surface area contributed by atoms with Crippen molar-refractivity contribution in [1.82, 2.24) is 0 Å². The molecule has 9 heteroatoms. The molecule has 1 N–H and O–H groups in total. The van der Waals surface area contributed by atoms with Crippen LogP contribution in [-0.2, 0) is 9.59 Å². The third-order valence-electron chi connectivity index (χ3n) is 3.55. The van der Waals surface area contributed by atoms with E-state index in [0.717, 1.165) is 4.90 Å². The molecule has 0 saturated heterocycles. The molecule has 3 rings (SSSR count). The number of benzene rings is 2. The number of hydrogen-bond acceptors (Lipinski definition) is 4. The summed E-state index contributed by atoms with van der Waals surface area (Å²) in [6, 6.07) is 9.19. The second-order valence-corrected chi connectivity index (χ2v) is 6.89. The molecule has 2 amide bonds. The molecule has 0 fully saturated rings. The van der Waals surface area contributed by atoms with Crippen LogP contribution >= 0.6 is 46.4 Å². The number of carbonyl (C=O) groups is 2. The topological polar surface area (TPSA) is 58.6 Å². The van der Waals surface area contributed by atoms with E-state index in [1.54, 1.807) is 18.2 Å². The van der Waals surface area contributed by atoms with Gasteiger partial charge in [-0.3, -0.25) is 9.59 Å². The molecule has 2 aromatic rings. The number of carbonyl (C=O) groups excluding carboxylic acids is 2. The zero-order chi connectivity index (χ0) is 19.0. The van der Waals surface area contributed by atoms with Crippen LogP contribution in [0.5, 0.6) is 5.75 Å². The Morgan fingerprint density at radius 2 is 1.58 bits per heavy atom. The minimum Gasteiger partial charge on any atom is -0.495 e. The maximum Gasteiger partial charge on any atom is 0.283 e. The van der Waals surface area contributed by atoms with Crippen molar-refractivity contribution in [3.63, 3.8) is 0 Å². The average Bonchev–Trinajstić information content (AvgIpc) is 2.78. The van der Waals surface area contributed by atoms with E-state index in [0.29, 0.717) is 16.5 Å². The van der Waals surface area contributed by atoms with Crippen LogP contribution in [0, 0.1) is 0 Å². The minimum atomic E-state index is -0.683. The summed E-state index contributed by atoms with van der Waals surface area (Å²) in [7, 11) is 1.49.